The summed E-state index contributed by atoms with van der Waals surface area (Å²) in [5.41, 5.74) is 1.58. The van der Waals surface area contributed by atoms with Crippen LogP contribution in [0.3, 0.4) is 0 Å². The minimum atomic E-state index is -2.39. The highest BCUT2D eigenvalue weighted by molar-refractivity contribution is 7.77. The van der Waals surface area contributed by atoms with Gasteiger partial charge >= 0.3 is 0 Å². The van der Waals surface area contributed by atoms with Gasteiger partial charge in [0.05, 0.1) is 6.61 Å². The Morgan fingerprint density at radius 3 is 2.57 bits per heavy atom. The molecule has 3 aromatic rings. The summed E-state index contributed by atoms with van der Waals surface area (Å²) >= 11 is -2.39. The monoisotopic (exact) mass is 532 g/mol. The molecule has 4 rings (SSSR count). The van der Waals surface area contributed by atoms with E-state index in [0.29, 0.717) is 35.8 Å². The lowest BCUT2D eigenvalue weighted by Crippen LogP contribution is -2.20. The molecule has 0 radical (unpaired) electrons. The van der Waals surface area contributed by atoms with Gasteiger partial charge in [-0.1, -0.05) is 6.07 Å². The summed E-state index contributed by atoms with van der Waals surface area (Å²) in [7, 11) is 3.66. The number of nitrogens with one attached hydrogen (secondary N) is 1. The standard InChI is InChI=1S/C26H29F2N3O5S/c1-30-10-8-18(14-30)16-35-25-13-26(32)31(2)15-21(25)20-11-17(7-9-29-37(33)34)3-5-23(20)36-24-6-4-19(27)12-22(24)28/h3-6,11-13,15,18,29H,7-10,14,16H2,1-2H3,(H,33,34)/p-1. The lowest BCUT2D eigenvalue weighted by Gasteiger charge is -2.19. The fourth-order valence-corrected chi connectivity index (χ4v) is 4.56. The molecule has 11 heteroatoms. The molecule has 0 spiro atoms. The van der Waals surface area contributed by atoms with Crippen molar-refractivity contribution in [1.82, 2.24) is 14.2 Å². The first-order valence-electron chi connectivity index (χ1n) is 11.8. The highest BCUT2D eigenvalue weighted by Gasteiger charge is 2.22. The van der Waals surface area contributed by atoms with E-state index in [9.17, 15) is 22.3 Å². The second-order valence-electron chi connectivity index (χ2n) is 9.11. The smallest absolute Gasteiger partial charge is 0.254 e. The molecule has 1 N–H and O–H groups in total. The van der Waals surface area contributed by atoms with E-state index in [4.69, 9.17) is 9.47 Å². The summed E-state index contributed by atoms with van der Waals surface area (Å²) < 4.78 is 65.3. The van der Waals surface area contributed by atoms with Crippen molar-refractivity contribution in [3.8, 4) is 28.4 Å². The van der Waals surface area contributed by atoms with Crippen molar-refractivity contribution >= 4 is 11.3 Å². The Bertz CT molecular complexity index is 1350. The summed E-state index contributed by atoms with van der Waals surface area (Å²) in [5.74, 6) is -0.817. The molecular weight excluding hydrogens is 504 g/mol. The van der Waals surface area contributed by atoms with Crippen LogP contribution in [0.1, 0.15) is 12.0 Å². The molecular formula is C26H28F2N3O5S-. The molecule has 8 nitrogen and oxygen atoms in total. The zero-order valence-electron chi connectivity index (χ0n) is 20.5. The first-order valence-corrected chi connectivity index (χ1v) is 12.9. The van der Waals surface area contributed by atoms with E-state index >= 15 is 0 Å². The molecule has 2 unspecified atom stereocenters. The lowest BCUT2D eigenvalue weighted by atomic mass is 10.0. The van der Waals surface area contributed by atoms with Gasteiger partial charge in [-0.2, -0.15) is 0 Å². The molecule has 0 amide bonds. The van der Waals surface area contributed by atoms with Crippen LogP contribution in [0.5, 0.6) is 17.2 Å². The topological polar surface area (TPSA) is 95.9 Å². The number of aryl methyl sites for hydroxylation is 1. The molecule has 1 aliphatic rings. The number of hydrogen-bond acceptors (Lipinski definition) is 6. The number of halogens is 2. The van der Waals surface area contributed by atoms with Crippen LogP contribution < -0.4 is 19.8 Å². The van der Waals surface area contributed by atoms with Crippen LogP contribution in [0.2, 0.25) is 0 Å². The number of rotatable bonds is 10. The number of aromatic nitrogens is 1. The van der Waals surface area contributed by atoms with Crippen molar-refractivity contribution in [3.05, 3.63) is 76.2 Å². The van der Waals surface area contributed by atoms with Crippen LogP contribution in [-0.4, -0.2) is 51.5 Å². The van der Waals surface area contributed by atoms with Crippen LogP contribution in [0.25, 0.3) is 11.1 Å². The summed E-state index contributed by atoms with van der Waals surface area (Å²) in [5, 5.41) is 0. The van der Waals surface area contributed by atoms with Crippen LogP contribution in [0.15, 0.2) is 53.5 Å². The Hall–Kier alpha value is -3.12. The Kier molecular flexibility index (Phi) is 8.70. The molecule has 2 aromatic carbocycles. The van der Waals surface area contributed by atoms with Crippen LogP contribution in [-0.2, 0) is 24.7 Å². The maximum Gasteiger partial charge on any atom is 0.254 e. The van der Waals surface area contributed by atoms with Crippen molar-refractivity contribution in [2.45, 2.75) is 12.8 Å². The molecule has 0 saturated carbocycles. The summed E-state index contributed by atoms with van der Waals surface area (Å²) in [4.78, 5) is 14.7. The molecule has 198 valence electrons. The molecule has 2 atom stereocenters. The number of nitrogens with zero attached hydrogens (tertiary/aromatic N) is 2. The average Bonchev–Trinajstić information content (AvgIpc) is 3.27. The van der Waals surface area contributed by atoms with E-state index in [1.54, 1.807) is 31.4 Å². The minimum absolute atomic E-state index is 0.167. The molecule has 0 bridgehead atoms. The Labute approximate surface area is 216 Å². The van der Waals surface area contributed by atoms with Crippen LogP contribution >= 0.6 is 0 Å². The van der Waals surface area contributed by atoms with Gasteiger partial charge in [0.1, 0.15) is 17.3 Å². The van der Waals surface area contributed by atoms with E-state index in [0.717, 1.165) is 37.2 Å². The highest BCUT2D eigenvalue weighted by atomic mass is 32.2. The zero-order valence-corrected chi connectivity index (χ0v) is 21.4. The quantitative estimate of drug-likeness (QED) is 0.403. The van der Waals surface area contributed by atoms with Gasteiger partial charge in [-0.25, -0.2) is 13.5 Å². The molecule has 0 aliphatic carbocycles. The van der Waals surface area contributed by atoms with Crippen molar-refractivity contribution < 1.29 is 27.0 Å². The van der Waals surface area contributed by atoms with Crippen molar-refractivity contribution in [1.29, 1.82) is 0 Å². The zero-order chi connectivity index (χ0) is 26.5. The van der Waals surface area contributed by atoms with Crippen LogP contribution in [0, 0.1) is 17.6 Å². The van der Waals surface area contributed by atoms with Gasteiger partial charge < -0.3 is 23.5 Å². The first-order chi connectivity index (χ1) is 17.7. The Morgan fingerprint density at radius 2 is 1.86 bits per heavy atom. The van der Waals surface area contributed by atoms with E-state index in [2.05, 4.69) is 9.62 Å². The largest absolute Gasteiger partial charge is 0.760 e. The maximum absolute atomic E-state index is 14.4. The second-order valence-corrected chi connectivity index (χ2v) is 9.87. The number of likely N-dealkylation sites (tertiary alicyclic amines) is 1. The predicted molar refractivity (Wildman–Crippen MR) is 135 cm³/mol. The minimum Gasteiger partial charge on any atom is -0.760 e. The molecule has 1 aliphatic heterocycles. The van der Waals surface area contributed by atoms with E-state index < -0.39 is 22.9 Å². The fraction of sp³-hybridized carbons (Fsp3) is 0.346. The third-order valence-corrected chi connectivity index (χ3v) is 6.68. The van der Waals surface area contributed by atoms with E-state index in [1.807, 2.05) is 7.05 Å². The maximum atomic E-state index is 14.4. The number of benzene rings is 2. The summed E-state index contributed by atoms with van der Waals surface area (Å²) in [6, 6.07) is 9.57. The SMILES string of the molecule is CN1CCC(COc2cc(=O)n(C)cc2-c2cc(CCNS(=O)[O-])ccc2Oc2ccc(F)cc2F)C1. The molecule has 37 heavy (non-hydrogen) atoms. The third-order valence-electron chi connectivity index (χ3n) is 6.24. The third kappa shape index (κ3) is 7.01. The van der Waals surface area contributed by atoms with E-state index in [-0.39, 0.29) is 23.6 Å². The average molecular weight is 533 g/mol. The van der Waals surface area contributed by atoms with Gasteiger partial charge in [-0.05, 0) is 56.3 Å². The van der Waals surface area contributed by atoms with E-state index in [1.165, 1.54) is 16.7 Å². The molecule has 1 fully saturated rings. The predicted octanol–water partition coefficient (Wildman–Crippen LogP) is 3.38. The molecule has 1 saturated heterocycles. The van der Waals surface area contributed by atoms with Gasteiger partial charge in [0.25, 0.3) is 5.56 Å². The number of pyridine rings is 1. The van der Waals surface area contributed by atoms with Gasteiger partial charge in [0, 0.05) is 66.8 Å². The Balaban J connectivity index is 1.73. The van der Waals surface area contributed by atoms with Crippen molar-refractivity contribution in [3.63, 3.8) is 0 Å². The number of ether oxygens (including phenoxy) is 2. The van der Waals surface area contributed by atoms with Crippen molar-refractivity contribution in [2.24, 2.45) is 13.0 Å². The van der Waals surface area contributed by atoms with Gasteiger partial charge in [-0.3, -0.25) is 9.00 Å². The van der Waals surface area contributed by atoms with Gasteiger partial charge in [-0.15, -0.1) is 0 Å². The summed E-state index contributed by atoms with van der Waals surface area (Å²) in [6.45, 7) is 2.46. The van der Waals surface area contributed by atoms with Crippen molar-refractivity contribution in [2.75, 3.05) is 33.3 Å². The Morgan fingerprint density at radius 1 is 1.08 bits per heavy atom. The second kappa shape index (κ2) is 12.0. The lowest BCUT2D eigenvalue weighted by molar-refractivity contribution is 0.249. The van der Waals surface area contributed by atoms with Gasteiger partial charge in [0.15, 0.2) is 11.6 Å². The highest BCUT2D eigenvalue weighted by Crippen LogP contribution is 2.39. The fourth-order valence-electron chi connectivity index (χ4n) is 4.29. The molecule has 1 aromatic heterocycles. The summed E-state index contributed by atoms with van der Waals surface area (Å²) in [6.07, 6.45) is 2.98. The normalized spacial score (nSPS) is 16.6. The molecule has 2 heterocycles. The first kappa shape index (κ1) is 26.9. The van der Waals surface area contributed by atoms with Crippen LogP contribution in [0.4, 0.5) is 8.78 Å². The van der Waals surface area contributed by atoms with Gasteiger partial charge in [0.2, 0.25) is 0 Å². The number of hydrogen-bond donors (Lipinski definition) is 1.